The first kappa shape index (κ1) is 14.3. The van der Waals surface area contributed by atoms with Crippen molar-refractivity contribution in [2.45, 2.75) is 70.5 Å². The molecule has 0 spiro atoms. The zero-order valence-electron chi connectivity index (χ0n) is 11.6. The lowest BCUT2D eigenvalue weighted by molar-refractivity contribution is 0.203. The second-order valence-electron chi connectivity index (χ2n) is 5.88. The van der Waals surface area contributed by atoms with Gasteiger partial charge >= 0.3 is 0 Å². The first-order valence-corrected chi connectivity index (χ1v) is 8.86. The van der Waals surface area contributed by atoms with Crippen LogP contribution in [0.1, 0.15) is 52.4 Å². The molecular formula is C13H26N2O2S. The molecule has 4 nitrogen and oxygen atoms in total. The fraction of sp³-hybridized carbons (Fsp3) is 1.00. The summed E-state index contributed by atoms with van der Waals surface area (Å²) in [5.41, 5.74) is 0. The van der Waals surface area contributed by atoms with Crippen LogP contribution in [-0.2, 0) is 10.0 Å². The Morgan fingerprint density at radius 2 is 1.72 bits per heavy atom. The zero-order valence-corrected chi connectivity index (χ0v) is 12.4. The molecule has 2 fully saturated rings. The maximum absolute atomic E-state index is 12.6. The van der Waals surface area contributed by atoms with Crippen LogP contribution in [0.5, 0.6) is 0 Å². The molecule has 106 valence electrons. The van der Waals surface area contributed by atoms with Gasteiger partial charge in [-0.3, -0.25) is 0 Å². The van der Waals surface area contributed by atoms with Gasteiger partial charge in [-0.15, -0.1) is 0 Å². The maximum atomic E-state index is 12.6. The third kappa shape index (κ3) is 3.25. The highest BCUT2D eigenvalue weighted by atomic mass is 32.2. The molecule has 1 N–H and O–H groups in total. The number of rotatable bonds is 3. The zero-order chi connectivity index (χ0) is 13.2. The standard InChI is InChI=1S/C13H26N2O2S/c1-11-6-5-7-12(2)15(11)18(16,17)10-13-8-3-4-9-14-13/h11-14H,3-10H2,1-2H3/t11-,12+,13?. The van der Waals surface area contributed by atoms with Gasteiger partial charge in [-0.2, -0.15) is 4.31 Å². The lowest BCUT2D eigenvalue weighted by Crippen LogP contribution is -2.51. The summed E-state index contributed by atoms with van der Waals surface area (Å²) >= 11 is 0. The van der Waals surface area contributed by atoms with Crippen LogP contribution in [0, 0.1) is 0 Å². The molecule has 18 heavy (non-hydrogen) atoms. The molecule has 2 heterocycles. The summed E-state index contributed by atoms with van der Waals surface area (Å²) in [6, 6.07) is 0.495. The molecule has 0 aromatic carbocycles. The Balaban J connectivity index is 2.04. The molecule has 0 bridgehead atoms. The summed E-state index contributed by atoms with van der Waals surface area (Å²) in [5, 5.41) is 3.34. The van der Waals surface area contributed by atoms with Gasteiger partial charge in [-0.25, -0.2) is 8.42 Å². The van der Waals surface area contributed by atoms with E-state index in [1.165, 1.54) is 6.42 Å². The third-order valence-corrected chi connectivity index (χ3v) is 6.44. The molecule has 0 aromatic heterocycles. The minimum Gasteiger partial charge on any atom is -0.313 e. The Labute approximate surface area is 111 Å². The Kier molecular flexibility index (Phi) is 4.67. The van der Waals surface area contributed by atoms with E-state index in [2.05, 4.69) is 5.32 Å². The number of nitrogens with zero attached hydrogens (tertiary/aromatic N) is 1. The average Bonchev–Trinajstić information content (AvgIpc) is 2.28. The van der Waals surface area contributed by atoms with Crippen LogP contribution in [0.4, 0.5) is 0 Å². The minimum absolute atomic E-state index is 0.157. The Bertz CT molecular complexity index is 353. The van der Waals surface area contributed by atoms with Gasteiger partial charge in [0.05, 0.1) is 5.75 Å². The molecule has 2 rings (SSSR count). The van der Waals surface area contributed by atoms with E-state index in [0.29, 0.717) is 0 Å². The molecule has 0 radical (unpaired) electrons. The fourth-order valence-corrected chi connectivity index (χ4v) is 5.63. The molecule has 2 saturated heterocycles. The molecule has 5 heteroatoms. The summed E-state index contributed by atoms with van der Waals surface area (Å²) in [7, 11) is -3.11. The largest absolute Gasteiger partial charge is 0.313 e. The van der Waals surface area contributed by atoms with Gasteiger partial charge in [-0.05, 0) is 46.1 Å². The lowest BCUT2D eigenvalue weighted by atomic mass is 10.0. The maximum Gasteiger partial charge on any atom is 0.216 e. The number of hydrogen-bond acceptors (Lipinski definition) is 3. The summed E-state index contributed by atoms with van der Waals surface area (Å²) in [6.45, 7) is 5.05. The van der Waals surface area contributed by atoms with Crippen LogP contribution in [0.25, 0.3) is 0 Å². The van der Waals surface area contributed by atoms with Crippen molar-refractivity contribution < 1.29 is 8.42 Å². The molecule has 3 atom stereocenters. The number of hydrogen-bond donors (Lipinski definition) is 1. The number of piperidine rings is 2. The van der Waals surface area contributed by atoms with E-state index in [1.807, 2.05) is 13.8 Å². The van der Waals surface area contributed by atoms with Crippen LogP contribution in [0.15, 0.2) is 0 Å². The van der Waals surface area contributed by atoms with Crippen molar-refractivity contribution in [3.8, 4) is 0 Å². The highest BCUT2D eigenvalue weighted by Gasteiger charge is 2.35. The Morgan fingerprint density at radius 3 is 2.28 bits per heavy atom. The van der Waals surface area contributed by atoms with E-state index in [0.717, 1.165) is 38.6 Å². The van der Waals surface area contributed by atoms with Gasteiger partial charge < -0.3 is 5.32 Å². The van der Waals surface area contributed by atoms with Crippen LogP contribution < -0.4 is 5.32 Å². The van der Waals surface area contributed by atoms with Crippen LogP contribution in [0.3, 0.4) is 0 Å². The first-order chi connectivity index (χ1) is 8.50. The quantitative estimate of drug-likeness (QED) is 0.852. The van der Waals surface area contributed by atoms with Gasteiger partial charge in [0.1, 0.15) is 0 Å². The molecular weight excluding hydrogens is 248 g/mol. The summed E-state index contributed by atoms with van der Waals surface area (Å²) in [5.74, 6) is 0.279. The van der Waals surface area contributed by atoms with Crippen molar-refractivity contribution in [1.82, 2.24) is 9.62 Å². The highest BCUT2D eigenvalue weighted by molar-refractivity contribution is 7.89. The summed E-state index contributed by atoms with van der Waals surface area (Å²) in [6.07, 6.45) is 6.47. The van der Waals surface area contributed by atoms with Crippen molar-refractivity contribution in [3.63, 3.8) is 0 Å². The lowest BCUT2D eigenvalue weighted by Gasteiger charge is -2.38. The molecule has 2 aliphatic rings. The van der Waals surface area contributed by atoms with Crippen LogP contribution in [0.2, 0.25) is 0 Å². The number of sulfonamides is 1. The molecule has 1 unspecified atom stereocenters. The van der Waals surface area contributed by atoms with Gasteiger partial charge in [0.2, 0.25) is 10.0 Å². The van der Waals surface area contributed by atoms with Crippen molar-refractivity contribution in [2.75, 3.05) is 12.3 Å². The van der Waals surface area contributed by atoms with E-state index in [-0.39, 0.29) is 23.9 Å². The Morgan fingerprint density at radius 1 is 1.06 bits per heavy atom. The molecule has 0 amide bonds. The molecule has 2 aliphatic heterocycles. The van der Waals surface area contributed by atoms with Crippen molar-refractivity contribution in [3.05, 3.63) is 0 Å². The van der Waals surface area contributed by atoms with Gasteiger partial charge in [0, 0.05) is 18.1 Å². The predicted molar refractivity (Wildman–Crippen MR) is 74.0 cm³/mol. The SMILES string of the molecule is C[C@@H]1CCC[C@H](C)N1S(=O)(=O)CC1CCCCN1. The predicted octanol–water partition coefficient (Wildman–Crippen LogP) is 1.72. The monoisotopic (exact) mass is 274 g/mol. The molecule has 0 aliphatic carbocycles. The van der Waals surface area contributed by atoms with Crippen molar-refractivity contribution in [1.29, 1.82) is 0 Å². The second kappa shape index (κ2) is 5.88. The van der Waals surface area contributed by atoms with E-state index < -0.39 is 10.0 Å². The van der Waals surface area contributed by atoms with E-state index >= 15 is 0 Å². The van der Waals surface area contributed by atoms with Gasteiger partial charge in [0.25, 0.3) is 0 Å². The smallest absolute Gasteiger partial charge is 0.216 e. The molecule has 0 aromatic rings. The van der Waals surface area contributed by atoms with E-state index in [9.17, 15) is 8.42 Å². The third-order valence-electron chi connectivity index (χ3n) is 4.26. The fourth-order valence-electron chi connectivity index (χ4n) is 3.35. The number of nitrogens with one attached hydrogen (secondary N) is 1. The normalized spacial score (nSPS) is 35.6. The van der Waals surface area contributed by atoms with Crippen molar-refractivity contribution in [2.24, 2.45) is 0 Å². The van der Waals surface area contributed by atoms with E-state index in [4.69, 9.17) is 0 Å². The van der Waals surface area contributed by atoms with Gasteiger partial charge in [-0.1, -0.05) is 12.8 Å². The average molecular weight is 274 g/mol. The van der Waals surface area contributed by atoms with E-state index in [1.54, 1.807) is 4.31 Å². The van der Waals surface area contributed by atoms with Gasteiger partial charge in [0.15, 0.2) is 0 Å². The van der Waals surface area contributed by atoms with Crippen LogP contribution in [-0.4, -0.2) is 43.1 Å². The highest BCUT2D eigenvalue weighted by Crippen LogP contribution is 2.26. The minimum atomic E-state index is -3.11. The topological polar surface area (TPSA) is 49.4 Å². The Hall–Kier alpha value is -0.130. The van der Waals surface area contributed by atoms with Crippen molar-refractivity contribution >= 4 is 10.0 Å². The summed E-state index contributed by atoms with van der Waals surface area (Å²) in [4.78, 5) is 0. The van der Waals surface area contributed by atoms with Crippen LogP contribution >= 0.6 is 0 Å². The second-order valence-corrected chi connectivity index (χ2v) is 7.80. The molecule has 0 saturated carbocycles. The summed E-state index contributed by atoms with van der Waals surface area (Å²) < 4.78 is 26.9. The first-order valence-electron chi connectivity index (χ1n) is 7.25.